The van der Waals surface area contributed by atoms with Crippen LogP contribution in [0.15, 0.2) is 42.7 Å². The number of hydrogen-bond acceptors (Lipinski definition) is 2. The van der Waals surface area contributed by atoms with Crippen LogP contribution in [0.3, 0.4) is 0 Å². The van der Waals surface area contributed by atoms with Gasteiger partial charge in [-0.2, -0.15) is 5.10 Å². The van der Waals surface area contributed by atoms with E-state index in [9.17, 15) is 0 Å². The van der Waals surface area contributed by atoms with Gasteiger partial charge in [0.25, 0.3) is 0 Å². The number of benzene rings is 1. The molecule has 0 spiro atoms. The van der Waals surface area contributed by atoms with E-state index in [1.165, 1.54) is 24.0 Å². The van der Waals surface area contributed by atoms with Crippen molar-refractivity contribution in [3.05, 3.63) is 53.9 Å². The van der Waals surface area contributed by atoms with Crippen molar-refractivity contribution in [2.24, 2.45) is 0 Å². The summed E-state index contributed by atoms with van der Waals surface area (Å²) < 4.78 is 1.99. The zero-order chi connectivity index (χ0) is 13.9. The van der Waals surface area contributed by atoms with Gasteiger partial charge >= 0.3 is 0 Å². The van der Waals surface area contributed by atoms with Crippen molar-refractivity contribution in [2.75, 3.05) is 0 Å². The fourth-order valence-corrected chi connectivity index (χ4v) is 3.09. The van der Waals surface area contributed by atoms with Crippen molar-refractivity contribution in [1.82, 2.24) is 15.1 Å². The van der Waals surface area contributed by atoms with Crippen LogP contribution in [0.4, 0.5) is 0 Å². The molecule has 2 aromatic rings. The Bertz CT molecular complexity index is 541. The first-order chi connectivity index (χ1) is 9.70. The molecule has 1 aromatic carbocycles. The Morgan fingerprint density at radius 1 is 1.35 bits per heavy atom. The van der Waals surface area contributed by atoms with Crippen molar-refractivity contribution >= 4 is 0 Å². The van der Waals surface area contributed by atoms with Crippen LogP contribution in [0.5, 0.6) is 0 Å². The Hall–Kier alpha value is -1.61. The van der Waals surface area contributed by atoms with Crippen LogP contribution in [0.1, 0.15) is 36.8 Å². The van der Waals surface area contributed by atoms with Gasteiger partial charge in [-0.1, -0.05) is 29.8 Å². The molecule has 1 atom stereocenters. The highest BCUT2D eigenvalue weighted by molar-refractivity contribution is 5.27. The summed E-state index contributed by atoms with van der Waals surface area (Å²) in [4.78, 5) is 0. The standard InChI is InChI=1S/C17H23N3/c1-13-5-3-6-15(9-13)16-10-17(11-16)19-14(2)12-20-8-4-7-18-20/h3-9,14,16-17,19H,10-12H2,1-2H3. The van der Waals surface area contributed by atoms with E-state index in [1.807, 2.05) is 23.1 Å². The molecule has 0 radical (unpaired) electrons. The molecule has 1 saturated carbocycles. The molecule has 1 aromatic heterocycles. The summed E-state index contributed by atoms with van der Waals surface area (Å²) in [6.45, 7) is 5.35. The van der Waals surface area contributed by atoms with E-state index >= 15 is 0 Å². The molecule has 1 fully saturated rings. The monoisotopic (exact) mass is 269 g/mol. The molecule has 1 N–H and O–H groups in total. The molecule has 0 saturated heterocycles. The van der Waals surface area contributed by atoms with E-state index in [-0.39, 0.29) is 0 Å². The van der Waals surface area contributed by atoms with Gasteiger partial charge < -0.3 is 5.32 Å². The van der Waals surface area contributed by atoms with Crippen molar-refractivity contribution in [3.63, 3.8) is 0 Å². The van der Waals surface area contributed by atoms with Crippen molar-refractivity contribution < 1.29 is 0 Å². The normalized spacial score (nSPS) is 23.3. The van der Waals surface area contributed by atoms with E-state index in [4.69, 9.17) is 0 Å². The number of rotatable bonds is 5. The zero-order valence-electron chi connectivity index (χ0n) is 12.3. The highest BCUT2D eigenvalue weighted by atomic mass is 15.3. The van der Waals surface area contributed by atoms with Crippen LogP contribution in [0, 0.1) is 6.92 Å². The van der Waals surface area contributed by atoms with Gasteiger partial charge in [-0.25, -0.2) is 0 Å². The van der Waals surface area contributed by atoms with Gasteiger partial charge in [0.2, 0.25) is 0 Å². The second-order valence-corrected chi connectivity index (χ2v) is 6.08. The van der Waals surface area contributed by atoms with Gasteiger partial charge in [0, 0.05) is 24.5 Å². The first-order valence-corrected chi connectivity index (χ1v) is 7.51. The molecule has 0 bridgehead atoms. The average Bonchev–Trinajstić information content (AvgIpc) is 2.86. The molecule has 1 heterocycles. The minimum absolute atomic E-state index is 0.471. The average molecular weight is 269 g/mol. The molecule has 3 rings (SSSR count). The Labute approximate surface area is 121 Å². The van der Waals surface area contributed by atoms with Crippen LogP contribution in [-0.2, 0) is 6.54 Å². The Morgan fingerprint density at radius 2 is 2.20 bits per heavy atom. The van der Waals surface area contributed by atoms with Crippen LogP contribution >= 0.6 is 0 Å². The zero-order valence-corrected chi connectivity index (χ0v) is 12.3. The summed E-state index contributed by atoms with van der Waals surface area (Å²) in [6.07, 6.45) is 6.37. The molecule has 106 valence electrons. The van der Waals surface area contributed by atoms with Gasteiger partial charge in [0.1, 0.15) is 0 Å². The third-order valence-electron chi connectivity index (χ3n) is 4.19. The summed E-state index contributed by atoms with van der Waals surface area (Å²) in [6, 6.07) is 12.0. The lowest BCUT2D eigenvalue weighted by Crippen LogP contribution is -2.45. The third-order valence-corrected chi connectivity index (χ3v) is 4.19. The highest BCUT2D eigenvalue weighted by Crippen LogP contribution is 2.37. The Morgan fingerprint density at radius 3 is 2.90 bits per heavy atom. The summed E-state index contributed by atoms with van der Waals surface area (Å²) in [5.74, 6) is 0.740. The second-order valence-electron chi connectivity index (χ2n) is 6.08. The van der Waals surface area contributed by atoms with Crippen molar-refractivity contribution in [2.45, 2.75) is 51.2 Å². The second kappa shape index (κ2) is 5.80. The van der Waals surface area contributed by atoms with Crippen molar-refractivity contribution in [3.8, 4) is 0 Å². The fourth-order valence-electron chi connectivity index (χ4n) is 3.09. The minimum atomic E-state index is 0.471. The summed E-state index contributed by atoms with van der Waals surface area (Å²) in [5.41, 5.74) is 2.87. The lowest BCUT2D eigenvalue weighted by molar-refractivity contribution is 0.258. The van der Waals surface area contributed by atoms with Gasteiger partial charge in [0.15, 0.2) is 0 Å². The number of aromatic nitrogens is 2. The first-order valence-electron chi connectivity index (χ1n) is 7.51. The molecule has 1 aliphatic rings. The van der Waals surface area contributed by atoms with Crippen LogP contribution in [0.25, 0.3) is 0 Å². The van der Waals surface area contributed by atoms with Gasteiger partial charge in [-0.05, 0) is 44.2 Å². The topological polar surface area (TPSA) is 29.9 Å². The lowest BCUT2D eigenvalue weighted by atomic mass is 9.75. The predicted octanol–water partition coefficient (Wildman–Crippen LogP) is 3.12. The molecule has 0 aliphatic heterocycles. The number of nitrogens with zero attached hydrogens (tertiary/aromatic N) is 2. The summed E-state index contributed by atoms with van der Waals surface area (Å²) in [7, 11) is 0. The molecular weight excluding hydrogens is 246 g/mol. The van der Waals surface area contributed by atoms with E-state index in [0.717, 1.165) is 12.5 Å². The Kier molecular flexibility index (Phi) is 3.88. The van der Waals surface area contributed by atoms with E-state index in [2.05, 4.69) is 48.5 Å². The van der Waals surface area contributed by atoms with E-state index < -0.39 is 0 Å². The molecule has 1 aliphatic carbocycles. The van der Waals surface area contributed by atoms with Crippen LogP contribution in [-0.4, -0.2) is 21.9 Å². The summed E-state index contributed by atoms with van der Waals surface area (Å²) >= 11 is 0. The largest absolute Gasteiger partial charge is 0.310 e. The summed E-state index contributed by atoms with van der Waals surface area (Å²) in [5, 5.41) is 7.96. The number of hydrogen-bond donors (Lipinski definition) is 1. The van der Waals surface area contributed by atoms with Crippen molar-refractivity contribution in [1.29, 1.82) is 0 Å². The van der Waals surface area contributed by atoms with Gasteiger partial charge in [0.05, 0.1) is 6.54 Å². The molecule has 0 amide bonds. The van der Waals surface area contributed by atoms with Crippen LogP contribution < -0.4 is 5.32 Å². The lowest BCUT2D eigenvalue weighted by Gasteiger charge is -2.38. The molecule has 1 unspecified atom stereocenters. The SMILES string of the molecule is Cc1cccc(C2CC(NC(C)Cn3cccn3)C2)c1. The maximum Gasteiger partial charge on any atom is 0.0560 e. The fraction of sp³-hybridized carbons (Fsp3) is 0.471. The molecule has 3 nitrogen and oxygen atoms in total. The predicted molar refractivity (Wildman–Crippen MR) is 81.8 cm³/mol. The molecule has 3 heteroatoms. The maximum atomic E-state index is 4.26. The highest BCUT2D eigenvalue weighted by Gasteiger charge is 2.30. The van der Waals surface area contributed by atoms with E-state index in [0.29, 0.717) is 12.1 Å². The van der Waals surface area contributed by atoms with E-state index in [1.54, 1.807) is 0 Å². The van der Waals surface area contributed by atoms with Gasteiger partial charge in [-0.3, -0.25) is 4.68 Å². The third kappa shape index (κ3) is 3.10. The smallest absolute Gasteiger partial charge is 0.0560 e. The minimum Gasteiger partial charge on any atom is -0.310 e. The number of aryl methyl sites for hydroxylation is 1. The molecular formula is C17H23N3. The molecule has 20 heavy (non-hydrogen) atoms. The maximum absolute atomic E-state index is 4.26. The first kappa shape index (κ1) is 13.4. The Balaban J connectivity index is 1.46. The van der Waals surface area contributed by atoms with Gasteiger partial charge in [-0.15, -0.1) is 0 Å². The quantitative estimate of drug-likeness (QED) is 0.904. The van der Waals surface area contributed by atoms with Crippen LogP contribution in [0.2, 0.25) is 0 Å². The number of nitrogens with one attached hydrogen (secondary N) is 1.